The highest BCUT2D eigenvalue weighted by molar-refractivity contribution is 6.30. The zero-order valence-corrected chi connectivity index (χ0v) is 14.5. The minimum Gasteiger partial charge on any atom is -0.495 e. The lowest BCUT2D eigenvalue weighted by atomic mass is 10.3. The van der Waals surface area contributed by atoms with E-state index < -0.39 is 0 Å². The van der Waals surface area contributed by atoms with Crippen LogP contribution in [0.25, 0.3) is 0 Å². The summed E-state index contributed by atoms with van der Waals surface area (Å²) in [6.07, 6.45) is 0. The van der Waals surface area contributed by atoms with Gasteiger partial charge in [-0.05, 0) is 43.4 Å². The number of anilines is 1. The molecule has 0 aliphatic heterocycles. The molecule has 0 heterocycles. The smallest absolute Gasteiger partial charge is 0.238 e. The van der Waals surface area contributed by atoms with Gasteiger partial charge in [-0.15, -0.1) is 0 Å². The second kappa shape index (κ2) is 9.15. The Hall–Kier alpha value is -2.24. The van der Waals surface area contributed by atoms with Crippen LogP contribution < -0.4 is 14.8 Å². The summed E-state index contributed by atoms with van der Waals surface area (Å²) in [6, 6.07) is 14.5. The number of hydrogen-bond acceptors (Lipinski definition) is 4. The highest BCUT2D eigenvalue weighted by Gasteiger charge is 2.09. The number of benzene rings is 2. The van der Waals surface area contributed by atoms with Crippen molar-refractivity contribution in [3.63, 3.8) is 0 Å². The first-order valence-corrected chi connectivity index (χ1v) is 7.96. The lowest BCUT2D eigenvalue weighted by Crippen LogP contribution is -2.33. The monoisotopic (exact) mass is 348 g/mol. The fraction of sp³-hybridized carbons (Fsp3) is 0.278. The van der Waals surface area contributed by atoms with Crippen molar-refractivity contribution in [3.05, 3.63) is 53.6 Å². The molecule has 5 nitrogen and oxygen atoms in total. The number of methoxy groups -OCH3 is 1. The highest BCUT2D eigenvalue weighted by Crippen LogP contribution is 2.22. The normalized spacial score (nSPS) is 10.5. The number of likely N-dealkylation sites (N-methyl/N-ethyl adjacent to an activating group) is 1. The van der Waals surface area contributed by atoms with Gasteiger partial charge in [0, 0.05) is 11.6 Å². The van der Waals surface area contributed by atoms with Gasteiger partial charge in [0.2, 0.25) is 5.91 Å². The summed E-state index contributed by atoms with van der Waals surface area (Å²) in [5, 5.41) is 3.52. The quantitative estimate of drug-likeness (QED) is 0.795. The number of amides is 1. The van der Waals surface area contributed by atoms with E-state index in [1.54, 1.807) is 31.4 Å². The molecule has 0 spiro atoms. The van der Waals surface area contributed by atoms with Gasteiger partial charge in [-0.25, -0.2) is 0 Å². The topological polar surface area (TPSA) is 50.8 Å². The van der Waals surface area contributed by atoms with Gasteiger partial charge < -0.3 is 14.8 Å². The van der Waals surface area contributed by atoms with E-state index in [-0.39, 0.29) is 12.5 Å². The van der Waals surface area contributed by atoms with Crippen molar-refractivity contribution in [1.82, 2.24) is 4.90 Å². The third-order valence-corrected chi connectivity index (χ3v) is 3.60. The fourth-order valence-electron chi connectivity index (χ4n) is 2.11. The molecule has 0 radical (unpaired) electrons. The second-order valence-corrected chi connectivity index (χ2v) is 5.73. The van der Waals surface area contributed by atoms with Crippen LogP contribution in [-0.2, 0) is 4.79 Å². The molecule has 2 rings (SSSR count). The lowest BCUT2D eigenvalue weighted by Gasteiger charge is -2.17. The third-order valence-electron chi connectivity index (χ3n) is 3.35. The summed E-state index contributed by atoms with van der Waals surface area (Å²) in [4.78, 5) is 14.0. The van der Waals surface area contributed by atoms with Crippen LogP contribution in [0.1, 0.15) is 0 Å². The van der Waals surface area contributed by atoms with Crippen LogP contribution in [0.15, 0.2) is 48.5 Å². The minimum atomic E-state index is -0.103. The Morgan fingerprint density at radius 2 is 1.88 bits per heavy atom. The van der Waals surface area contributed by atoms with E-state index in [1.807, 2.05) is 36.2 Å². The molecule has 6 heteroatoms. The van der Waals surface area contributed by atoms with E-state index in [0.717, 1.165) is 5.75 Å². The molecule has 0 atom stereocenters. The van der Waals surface area contributed by atoms with Gasteiger partial charge in [0.15, 0.2) is 0 Å². The number of hydrogen-bond donors (Lipinski definition) is 1. The molecule has 0 bridgehead atoms. The van der Waals surface area contributed by atoms with Crippen molar-refractivity contribution in [2.45, 2.75) is 0 Å². The maximum absolute atomic E-state index is 12.1. The average Bonchev–Trinajstić information content (AvgIpc) is 2.57. The fourth-order valence-corrected chi connectivity index (χ4v) is 2.24. The van der Waals surface area contributed by atoms with Crippen molar-refractivity contribution < 1.29 is 14.3 Å². The number of nitrogens with zero attached hydrogens (tertiary/aromatic N) is 1. The molecule has 1 amide bonds. The third kappa shape index (κ3) is 5.76. The van der Waals surface area contributed by atoms with Crippen LogP contribution in [-0.4, -0.2) is 44.7 Å². The number of nitrogens with one attached hydrogen (secondary N) is 1. The van der Waals surface area contributed by atoms with Gasteiger partial charge in [-0.3, -0.25) is 9.69 Å². The van der Waals surface area contributed by atoms with E-state index in [0.29, 0.717) is 29.6 Å². The Balaban J connectivity index is 1.74. The Bertz CT molecular complexity index is 662. The number of rotatable bonds is 8. The SMILES string of the molecule is COc1ccccc1NC(=O)CN(C)CCOc1ccc(Cl)cc1. The van der Waals surface area contributed by atoms with E-state index >= 15 is 0 Å². The largest absolute Gasteiger partial charge is 0.495 e. The van der Waals surface area contributed by atoms with E-state index in [2.05, 4.69) is 5.32 Å². The molecule has 0 fully saturated rings. The molecule has 0 saturated carbocycles. The minimum absolute atomic E-state index is 0.103. The predicted molar refractivity (Wildman–Crippen MR) is 96.1 cm³/mol. The lowest BCUT2D eigenvalue weighted by molar-refractivity contribution is -0.117. The number of ether oxygens (including phenoxy) is 2. The molecule has 0 unspecified atom stereocenters. The van der Waals surface area contributed by atoms with Gasteiger partial charge in [0.1, 0.15) is 18.1 Å². The van der Waals surface area contributed by atoms with E-state index in [9.17, 15) is 4.79 Å². The molecule has 2 aromatic rings. The van der Waals surface area contributed by atoms with Crippen molar-refractivity contribution in [2.24, 2.45) is 0 Å². The zero-order valence-electron chi connectivity index (χ0n) is 13.8. The van der Waals surface area contributed by atoms with Gasteiger partial charge in [0.25, 0.3) is 0 Å². The van der Waals surface area contributed by atoms with Gasteiger partial charge in [0.05, 0.1) is 19.3 Å². The van der Waals surface area contributed by atoms with Crippen molar-refractivity contribution >= 4 is 23.2 Å². The molecular weight excluding hydrogens is 328 g/mol. The van der Waals surface area contributed by atoms with Crippen LogP contribution in [0.5, 0.6) is 11.5 Å². The zero-order chi connectivity index (χ0) is 17.4. The Morgan fingerprint density at radius 1 is 1.17 bits per heavy atom. The molecule has 2 aromatic carbocycles. The first-order valence-electron chi connectivity index (χ1n) is 7.58. The van der Waals surface area contributed by atoms with Gasteiger partial charge in [-0.2, -0.15) is 0 Å². The molecule has 0 aromatic heterocycles. The van der Waals surface area contributed by atoms with Crippen LogP contribution in [0.2, 0.25) is 5.02 Å². The maximum atomic E-state index is 12.1. The van der Waals surface area contributed by atoms with Crippen LogP contribution >= 0.6 is 11.6 Å². The molecule has 1 N–H and O–H groups in total. The number of para-hydroxylation sites is 2. The molecular formula is C18H21ClN2O3. The summed E-state index contributed by atoms with van der Waals surface area (Å²) in [5.41, 5.74) is 0.663. The summed E-state index contributed by atoms with van der Waals surface area (Å²) in [6.45, 7) is 1.38. The molecule has 0 saturated heterocycles. The average molecular weight is 349 g/mol. The van der Waals surface area contributed by atoms with Crippen molar-refractivity contribution in [3.8, 4) is 11.5 Å². The van der Waals surface area contributed by atoms with E-state index in [1.165, 1.54) is 0 Å². The Kier molecular flexibility index (Phi) is 6.90. The van der Waals surface area contributed by atoms with Crippen molar-refractivity contribution in [1.29, 1.82) is 0 Å². The van der Waals surface area contributed by atoms with Gasteiger partial charge in [-0.1, -0.05) is 23.7 Å². The van der Waals surface area contributed by atoms with Crippen LogP contribution in [0, 0.1) is 0 Å². The summed E-state index contributed by atoms with van der Waals surface area (Å²) >= 11 is 5.82. The summed E-state index contributed by atoms with van der Waals surface area (Å²) < 4.78 is 10.8. The van der Waals surface area contributed by atoms with Gasteiger partial charge >= 0.3 is 0 Å². The maximum Gasteiger partial charge on any atom is 0.238 e. The summed E-state index contributed by atoms with van der Waals surface area (Å²) in [5.74, 6) is 1.29. The molecule has 0 aliphatic carbocycles. The highest BCUT2D eigenvalue weighted by atomic mass is 35.5. The number of carbonyl (C=O) groups is 1. The van der Waals surface area contributed by atoms with Crippen LogP contribution in [0.4, 0.5) is 5.69 Å². The summed E-state index contributed by atoms with van der Waals surface area (Å²) in [7, 11) is 3.44. The Morgan fingerprint density at radius 3 is 2.58 bits per heavy atom. The molecule has 128 valence electrons. The second-order valence-electron chi connectivity index (χ2n) is 5.29. The standard InChI is InChI=1S/C18H21ClN2O3/c1-21(11-12-24-15-9-7-14(19)8-10-15)13-18(22)20-16-5-3-4-6-17(16)23-2/h3-10H,11-13H2,1-2H3,(H,20,22). The Labute approximate surface area is 147 Å². The molecule has 0 aliphatic rings. The number of halogens is 1. The van der Waals surface area contributed by atoms with E-state index in [4.69, 9.17) is 21.1 Å². The predicted octanol–water partition coefficient (Wildman–Crippen LogP) is 3.30. The first-order chi connectivity index (χ1) is 11.6. The van der Waals surface area contributed by atoms with Crippen molar-refractivity contribution in [2.75, 3.05) is 39.2 Å². The first kappa shape index (κ1) is 18.1. The molecule has 24 heavy (non-hydrogen) atoms. The van der Waals surface area contributed by atoms with Crippen LogP contribution in [0.3, 0.4) is 0 Å². The number of carbonyl (C=O) groups excluding carboxylic acids is 1.